The summed E-state index contributed by atoms with van der Waals surface area (Å²) < 4.78 is 0. The molecule has 0 aromatic rings. The molecule has 110 valence electrons. The molecule has 0 aromatic carbocycles. The molecule has 1 aliphatic rings. The third-order valence-electron chi connectivity index (χ3n) is 3.72. The maximum Gasteiger partial charge on any atom is 0.316 e. The van der Waals surface area contributed by atoms with E-state index >= 15 is 0 Å². The first-order valence-corrected chi connectivity index (χ1v) is 6.97. The van der Waals surface area contributed by atoms with Gasteiger partial charge >= 0.3 is 5.97 Å². The van der Waals surface area contributed by atoms with Gasteiger partial charge in [-0.05, 0) is 23.7 Å². The van der Waals surface area contributed by atoms with Gasteiger partial charge in [-0.25, -0.2) is 0 Å². The van der Waals surface area contributed by atoms with Crippen molar-refractivity contribution in [3.8, 4) is 0 Å². The Hall–Kier alpha value is -1.06. The molecule has 0 bridgehead atoms. The van der Waals surface area contributed by atoms with Crippen LogP contribution in [0, 0.1) is 16.7 Å². The van der Waals surface area contributed by atoms with Gasteiger partial charge in [0, 0.05) is 12.6 Å². The first kappa shape index (κ1) is 16.0. The number of amides is 1. The molecule has 0 aliphatic carbocycles. The van der Waals surface area contributed by atoms with Gasteiger partial charge in [0.05, 0.1) is 0 Å². The van der Waals surface area contributed by atoms with Gasteiger partial charge in [-0.15, -0.1) is 0 Å². The normalized spacial score (nSPS) is 22.7. The van der Waals surface area contributed by atoms with E-state index in [1.807, 2.05) is 0 Å². The van der Waals surface area contributed by atoms with Crippen LogP contribution < -0.4 is 0 Å². The highest BCUT2D eigenvalue weighted by molar-refractivity contribution is 5.98. The summed E-state index contributed by atoms with van der Waals surface area (Å²) in [5, 5.41) is 9.07. The van der Waals surface area contributed by atoms with Gasteiger partial charge in [-0.2, -0.15) is 0 Å². The number of carboxylic acid groups (broad SMARTS) is 1. The largest absolute Gasteiger partial charge is 0.481 e. The van der Waals surface area contributed by atoms with Crippen molar-refractivity contribution in [3.05, 3.63) is 0 Å². The van der Waals surface area contributed by atoms with Crippen molar-refractivity contribution in [2.75, 3.05) is 6.54 Å². The maximum atomic E-state index is 12.3. The number of likely N-dealkylation sites (tertiary alicyclic amines) is 1. The zero-order valence-corrected chi connectivity index (χ0v) is 13.0. The van der Waals surface area contributed by atoms with E-state index in [2.05, 4.69) is 41.5 Å². The van der Waals surface area contributed by atoms with Gasteiger partial charge < -0.3 is 10.0 Å². The predicted octanol–water partition coefficient (Wildman–Crippen LogP) is 2.77. The van der Waals surface area contributed by atoms with Crippen molar-refractivity contribution >= 4 is 11.9 Å². The second kappa shape index (κ2) is 5.14. The molecule has 1 saturated heterocycles. The van der Waals surface area contributed by atoms with Gasteiger partial charge in [0.1, 0.15) is 5.92 Å². The molecule has 1 N–H and O–H groups in total. The van der Waals surface area contributed by atoms with Gasteiger partial charge in [-0.1, -0.05) is 41.5 Å². The zero-order chi connectivity index (χ0) is 15.0. The molecule has 1 amide bonds. The lowest BCUT2D eigenvalue weighted by Crippen LogP contribution is -2.47. The van der Waals surface area contributed by atoms with Gasteiger partial charge in [0.2, 0.25) is 5.91 Å². The summed E-state index contributed by atoms with van der Waals surface area (Å²) in [5.41, 5.74) is 0.0653. The third-order valence-corrected chi connectivity index (χ3v) is 3.72. The number of hydrogen-bond donors (Lipinski definition) is 1. The number of carboxylic acids is 1. The fourth-order valence-corrected chi connectivity index (χ4v) is 2.70. The van der Waals surface area contributed by atoms with E-state index in [0.29, 0.717) is 13.0 Å². The first-order chi connectivity index (χ1) is 8.43. The highest BCUT2D eigenvalue weighted by atomic mass is 16.4. The van der Waals surface area contributed by atoms with Gasteiger partial charge in [-0.3, -0.25) is 9.59 Å². The second-order valence-electron chi connectivity index (χ2n) is 7.86. The van der Waals surface area contributed by atoms with Crippen molar-refractivity contribution in [2.45, 2.75) is 60.4 Å². The minimum absolute atomic E-state index is 0.0453. The van der Waals surface area contributed by atoms with E-state index in [1.54, 1.807) is 4.90 Å². The van der Waals surface area contributed by atoms with Crippen LogP contribution >= 0.6 is 0 Å². The van der Waals surface area contributed by atoms with Crippen LogP contribution in [0.1, 0.15) is 54.4 Å². The molecule has 0 spiro atoms. The molecule has 1 rings (SSSR count). The maximum absolute atomic E-state index is 12.3. The van der Waals surface area contributed by atoms with E-state index in [0.717, 1.165) is 6.42 Å². The highest BCUT2D eigenvalue weighted by Gasteiger charge is 2.44. The smallest absolute Gasteiger partial charge is 0.316 e. The Bertz CT molecular complexity index is 363. The third kappa shape index (κ3) is 3.95. The van der Waals surface area contributed by atoms with Gasteiger partial charge in [0.25, 0.3) is 0 Å². The van der Waals surface area contributed by atoms with Crippen molar-refractivity contribution < 1.29 is 14.7 Å². The Balaban J connectivity index is 2.95. The number of carbonyl (C=O) groups excluding carboxylic acids is 1. The molecular weight excluding hydrogens is 242 g/mol. The minimum atomic E-state index is -0.990. The lowest BCUT2D eigenvalue weighted by atomic mass is 9.76. The Labute approximate surface area is 116 Å². The van der Waals surface area contributed by atoms with Crippen LogP contribution in [0.5, 0.6) is 0 Å². The number of hydrogen-bond acceptors (Lipinski definition) is 2. The minimum Gasteiger partial charge on any atom is -0.481 e. The number of nitrogens with zero attached hydrogens (tertiary/aromatic N) is 1. The number of aliphatic carboxylic acids is 1. The summed E-state index contributed by atoms with van der Waals surface area (Å²) in [6.45, 7) is 13.4. The molecule has 0 radical (unpaired) electrons. The SMILES string of the molecule is CC(C)(C)CC(N1CCC(C(=O)O)C1=O)C(C)(C)C. The lowest BCUT2D eigenvalue weighted by molar-refractivity contribution is -0.149. The summed E-state index contributed by atoms with van der Waals surface area (Å²) >= 11 is 0. The van der Waals surface area contributed by atoms with Crippen LogP contribution in [0.3, 0.4) is 0 Å². The Kier molecular flexibility index (Phi) is 4.33. The zero-order valence-electron chi connectivity index (χ0n) is 13.0. The topological polar surface area (TPSA) is 57.6 Å². The summed E-state index contributed by atoms with van der Waals surface area (Å²) in [6.07, 6.45) is 1.32. The standard InChI is InChI=1S/C15H27NO3/c1-14(2,3)9-11(15(4,5)6)16-8-7-10(12(16)17)13(18)19/h10-11H,7-9H2,1-6H3,(H,18,19). The average Bonchev–Trinajstić information content (AvgIpc) is 2.53. The van der Waals surface area contributed by atoms with Crippen molar-refractivity contribution in [1.82, 2.24) is 4.90 Å². The van der Waals surface area contributed by atoms with Crippen molar-refractivity contribution in [2.24, 2.45) is 16.7 Å². The average molecular weight is 269 g/mol. The first-order valence-electron chi connectivity index (χ1n) is 6.97. The van der Waals surface area contributed by atoms with E-state index in [1.165, 1.54) is 0 Å². The Morgan fingerprint density at radius 1 is 1.32 bits per heavy atom. The molecule has 0 saturated carbocycles. The Morgan fingerprint density at radius 3 is 2.16 bits per heavy atom. The van der Waals surface area contributed by atoms with E-state index in [9.17, 15) is 9.59 Å². The van der Waals surface area contributed by atoms with Crippen LogP contribution in [0.15, 0.2) is 0 Å². The molecule has 19 heavy (non-hydrogen) atoms. The molecule has 1 aliphatic heterocycles. The Morgan fingerprint density at radius 2 is 1.84 bits per heavy atom. The molecule has 2 unspecified atom stereocenters. The van der Waals surface area contributed by atoms with Crippen LogP contribution in [0.25, 0.3) is 0 Å². The molecule has 4 nitrogen and oxygen atoms in total. The fourth-order valence-electron chi connectivity index (χ4n) is 2.70. The van der Waals surface area contributed by atoms with E-state index in [-0.39, 0.29) is 22.8 Å². The summed E-state index contributed by atoms with van der Waals surface area (Å²) in [7, 11) is 0. The van der Waals surface area contributed by atoms with Crippen LogP contribution in [0.2, 0.25) is 0 Å². The summed E-state index contributed by atoms with van der Waals surface area (Å²) in [5.74, 6) is -2.04. The fraction of sp³-hybridized carbons (Fsp3) is 0.867. The molecule has 2 atom stereocenters. The second-order valence-corrected chi connectivity index (χ2v) is 7.86. The van der Waals surface area contributed by atoms with Crippen molar-refractivity contribution in [3.63, 3.8) is 0 Å². The molecular formula is C15H27NO3. The summed E-state index contributed by atoms with van der Waals surface area (Å²) in [4.78, 5) is 25.1. The van der Waals surface area contributed by atoms with Crippen LogP contribution in [-0.4, -0.2) is 34.5 Å². The van der Waals surface area contributed by atoms with Crippen molar-refractivity contribution in [1.29, 1.82) is 0 Å². The summed E-state index contributed by atoms with van der Waals surface area (Å²) in [6, 6.07) is 0.0874. The van der Waals surface area contributed by atoms with Crippen LogP contribution in [0.4, 0.5) is 0 Å². The van der Waals surface area contributed by atoms with Crippen LogP contribution in [-0.2, 0) is 9.59 Å². The molecule has 1 heterocycles. The van der Waals surface area contributed by atoms with Gasteiger partial charge in [0.15, 0.2) is 0 Å². The quantitative estimate of drug-likeness (QED) is 0.801. The van der Waals surface area contributed by atoms with E-state index in [4.69, 9.17) is 5.11 Å². The number of rotatable bonds is 3. The predicted molar refractivity (Wildman–Crippen MR) is 74.8 cm³/mol. The molecule has 0 aromatic heterocycles. The monoisotopic (exact) mass is 269 g/mol. The molecule has 4 heteroatoms. The molecule has 1 fully saturated rings. The number of carbonyl (C=O) groups is 2. The highest BCUT2D eigenvalue weighted by Crippen LogP contribution is 2.37. The lowest BCUT2D eigenvalue weighted by Gasteiger charge is -2.41. The van der Waals surface area contributed by atoms with E-state index < -0.39 is 11.9 Å².